The van der Waals surface area contributed by atoms with Gasteiger partial charge in [-0.3, -0.25) is 0 Å². The average Bonchev–Trinajstić information content (AvgIpc) is 2.22. The molecular formula is C9H18N2O4S. The number of aliphatic carboxylic acids is 1. The van der Waals surface area contributed by atoms with Gasteiger partial charge in [0.2, 0.25) is 0 Å². The zero-order chi connectivity index (χ0) is 12.6. The number of carbonyl (C=O) groups excluding carboxylic acids is 1. The topological polar surface area (TPSA) is 98.7 Å². The maximum atomic E-state index is 11.2. The van der Waals surface area contributed by atoms with Crippen molar-refractivity contribution in [1.29, 1.82) is 0 Å². The van der Waals surface area contributed by atoms with Crippen molar-refractivity contribution in [1.82, 2.24) is 10.6 Å². The Balaban J connectivity index is 3.69. The summed E-state index contributed by atoms with van der Waals surface area (Å²) in [7, 11) is 0. The molecule has 2 atom stereocenters. The number of amides is 2. The van der Waals surface area contributed by atoms with E-state index in [-0.39, 0.29) is 12.6 Å². The van der Waals surface area contributed by atoms with Gasteiger partial charge < -0.3 is 20.8 Å². The summed E-state index contributed by atoms with van der Waals surface area (Å²) in [4.78, 5) is 21.5. The molecule has 4 N–H and O–H groups in total. The van der Waals surface area contributed by atoms with Gasteiger partial charge in [0.15, 0.2) is 6.10 Å². The molecule has 0 bridgehead atoms. The summed E-state index contributed by atoms with van der Waals surface area (Å²) < 4.78 is 0. The first-order valence-corrected chi connectivity index (χ1v) is 6.15. The number of hydrogen-bond acceptors (Lipinski definition) is 4. The Bertz CT molecular complexity index is 238. The second kappa shape index (κ2) is 8.23. The van der Waals surface area contributed by atoms with Crippen molar-refractivity contribution in [3.05, 3.63) is 0 Å². The van der Waals surface area contributed by atoms with Gasteiger partial charge in [-0.05, 0) is 12.7 Å². The van der Waals surface area contributed by atoms with Crippen LogP contribution in [0.1, 0.15) is 13.8 Å². The van der Waals surface area contributed by atoms with Gasteiger partial charge in [0, 0.05) is 11.8 Å². The van der Waals surface area contributed by atoms with Crippen LogP contribution in [-0.4, -0.2) is 52.4 Å². The minimum Gasteiger partial charge on any atom is -0.479 e. The smallest absolute Gasteiger partial charge is 0.334 e. The zero-order valence-corrected chi connectivity index (χ0v) is 10.2. The number of aliphatic hydroxyl groups is 1. The molecule has 0 aromatic heterocycles. The molecule has 7 heteroatoms. The Labute approximate surface area is 98.8 Å². The molecule has 0 aromatic carbocycles. The van der Waals surface area contributed by atoms with Crippen LogP contribution in [0.25, 0.3) is 0 Å². The number of aliphatic hydroxyl groups excluding tert-OH is 1. The van der Waals surface area contributed by atoms with Crippen LogP contribution in [0.3, 0.4) is 0 Å². The number of hydrogen-bond donors (Lipinski definition) is 4. The lowest BCUT2D eigenvalue weighted by Crippen LogP contribution is -2.45. The van der Waals surface area contributed by atoms with E-state index in [4.69, 9.17) is 10.2 Å². The molecule has 16 heavy (non-hydrogen) atoms. The van der Waals surface area contributed by atoms with Crippen LogP contribution in [-0.2, 0) is 4.79 Å². The second-order valence-electron chi connectivity index (χ2n) is 3.27. The fourth-order valence-electron chi connectivity index (χ4n) is 0.888. The van der Waals surface area contributed by atoms with Gasteiger partial charge in [0.05, 0.1) is 6.54 Å². The maximum Gasteiger partial charge on any atom is 0.334 e. The van der Waals surface area contributed by atoms with Crippen molar-refractivity contribution in [3.63, 3.8) is 0 Å². The minimum absolute atomic E-state index is 0.00641. The number of thioether (sulfide) groups is 1. The molecule has 1 unspecified atom stereocenters. The Hall–Kier alpha value is -0.950. The molecule has 6 nitrogen and oxygen atoms in total. The molecule has 0 rings (SSSR count). The molecule has 0 radical (unpaired) electrons. The Morgan fingerprint density at radius 2 is 2.06 bits per heavy atom. The van der Waals surface area contributed by atoms with Crippen LogP contribution in [0.15, 0.2) is 0 Å². The van der Waals surface area contributed by atoms with Gasteiger partial charge in [-0.15, -0.1) is 0 Å². The second-order valence-corrected chi connectivity index (χ2v) is 4.59. The Morgan fingerprint density at radius 3 is 2.56 bits per heavy atom. The lowest BCUT2D eigenvalue weighted by atomic mass is 10.3. The summed E-state index contributed by atoms with van der Waals surface area (Å²) in [5, 5.41) is 22.2. The van der Waals surface area contributed by atoms with E-state index in [2.05, 4.69) is 10.6 Å². The van der Waals surface area contributed by atoms with Crippen LogP contribution < -0.4 is 10.6 Å². The van der Waals surface area contributed by atoms with E-state index in [0.29, 0.717) is 0 Å². The summed E-state index contributed by atoms with van der Waals surface area (Å²) in [5.74, 6) is 0.423. The molecule has 0 aliphatic rings. The van der Waals surface area contributed by atoms with E-state index >= 15 is 0 Å². The summed E-state index contributed by atoms with van der Waals surface area (Å²) in [5.41, 5.74) is 0. The molecule has 0 saturated carbocycles. The van der Waals surface area contributed by atoms with Crippen molar-refractivity contribution < 1.29 is 19.8 Å². The first-order chi connectivity index (χ1) is 7.47. The van der Waals surface area contributed by atoms with E-state index in [1.165, 1.54) is 0 Å². The number of urea groups is 1. The maximum absolute atomic E-state index is 11.2. The normalized spacial score (nSPS) is 13.9. The number of carbonyl (C=O) groups is 2. The van der Waals surface area contributed by atoms with Gasteiger partial charge in [0.25, 0.3) is 0 Å². The van der Waals surface area contributed by atoms with Crippen LogP contribution >= 0.6 is 11.8 Å². The summed E-state index contributed by atoms with van der Waals surface area (Å²) >= 11 is 1.70. The highest BCUT2D eigenvalue weighted by Gasteiger charge is 2.14. The molecule has 94 valence electrons. The monoisotopic (exact) mass is 250 g/mol. The molecular weight excluding hydrogens is 232 g/mol. The van der Waals surface area contributed by atoms with E-state index in [1.54, 1.807) is 11.8 Å². The van der Waals surface area contributed by atoms with Crippen molar-refractivity contribution in [2.24, 2.45) is 0 Å². The zero-order valence-electron chi connectivity index (χ0n) is 9.40. The highest BCUT2D eigenvalue weighted by Crippen LogP contribution is 2.00. The largest absolute Gasteiger partial charge is 0.479 e. The minimum atomic E-state index is -1.56. The van der Waals surface area contributed by atoms with E-state index in [9.17, 15) is 9.59 Å². The first kappa shape index (κ1) is 15.0. The van der Waals surface area contributed by atoms with Crippen LogP contribution in [0, 0.1) is 0 Å². The predicted octanol–water partition coefficient (Wildman–Crippen LogP) is -0.127. The van der Waals surface area contributed by atoms with Crippen molar-refractivity contribution in [2.75, 3.05) is 18.1 Å². The van der Waals surface area contributed by atoms with Gasteiger partial charge >= 0.3 is 12.0 Å². The standard InChI is InChI=1S/C9H18N2O4S/c1-3-16-5-6(2)11-9(15)10-4-7(12)8(13)14/h6-7,12H,3-5H2,1-2H3,(H,13,14)(H2,10,11,15)/t6?,7-/m0/s1. The highest BCUT2D eigenvalue weighted by atomic mass is 32.2. The summed E-state index contributed by atoms with van der Waals surface area (Å²) in [6.45, 7) is 3.59. The van der Waals surface area contributed by atoms with Gasteiger partial charge in [-0.25, -0.2) is 9.59 Å². The van der Waals surface area contributed by atoms with Gasteiger partial charge in [0.1, 0.15) is 0 Å². The van der Waals surface area contributed by atoms with E-state index < -0.39 is 18.1 Å². The third-order valence-electron chi connectivity index (χ3n) is 1.69. The number of rotatable bonds is 7. The summed E-state index contributed by atoms with van der Waals surface area (Å²) in [6, 6.07) is -0.462. The molecule has 0 heterocycles. The Morgan fingerprint density at radius 1 is 1.44 bits per heavy atom. The van der Waals surface area contributed by atoms with Crippen LogP contribution in [0.5, 0.6) is 0 Å². The first-order valence-electron chi connectivity index (χ1n) is 5.00. The Kier molecular flexibility index (Phi) is 7.74. The molecule has 0 fully saturated rings. The van der Waals surface area contributed by atoms with E-state index in [0.717, 1.165) is 11.5 Å². The molecule has 0 aliphatic carbocycles. The lowest BCUT2D eigenvalue weighted by molar-refractivity contribution is -0.146. The van der Waals surface area contributed by atoms with Gasteiger partial charge in [-0.1, -0.05) is 6.92 Å². The molecule has 2 amide bonds. The number of carboxylic acids is 1. The van der Waals surface area contributed by atoms with Crippen LogP contribution in [0.4, 0.5) is 4.79 Å². The highest BCUT2D eigenvalue weighted by molar-refractivity contribution is 7.99. The fraction of sp³-hybridized carbons (Fsp3) is 0.778. The molecule has 0 saturated heterocycles. The molecule has 0 aromatic rings. The lowest BCUT2D eigenvalue weighted by Gasteiger charge is -2.14. The molecule has 0 spiro atoms. The van der Waals surface area contributed by atoms with Crippen LogP contribution in [0.2, 0.25) is 0 Å². The predicted molar refractivity (Wildman–Crippen MR) is 62.6 cm³/mol. The third-order valence-corrected chi connectivity index (χ3v) is 2.83. The fourth-order valence-corrected chi connectivity index (χ4v) is 1.56. The van der Waals surface area contributed by atoms with Crippen molar-refractivity contribution in [2.45, 2.75) is 26.0 Å². The van der Waals surface area contributed by atoms with Crippen molar-refractivity contribution >= 4 is 23.8 Å². The quantitative estimate of drug-likeness (QED) is 0.504. The summed E-state index contributed by atoms with van der Waals surface area (Å²) in [6.07, 6.45) is -1.56. The molecule has 0 aliphatic heterocycles. The third kappa shape index (κ3) is 7.36. The van der Waals surface area contributed by atoms with Crippen molar-refractivity contribution in [3.8, 4) is 0 Å². The van der Waals surface area contributed by atoms with E-state index in [1.807, 2.05) is 13.8 Å². The average molecular weight is 250 g/mol. The van der Waals surface area contributed by atoms with Gasteiger partial charge in [-0.2, -0.15) is 11.8 Å². The number of carboxylic acid groups (broad SMARTS) is 1. The SMILES string of the molecule is CCSCC(C)NC(=O)NC[C@H](O)C(=O)O. The number of nitrogens with one attached hydrogen (secondary N) is 2.